The molecule has 1 spiro atoms. The molecule has 1 aromatic carbocycles. The molecular formula is C22H27N3O2. The van der Waals surface area contributed by atoms with Crippen molar-refractivity contribution in [3.63, 3.8) is 0 Å². The Morgan fingerprint density at radius 1 is 1.52 bits per heavy atom. The fraction of sp³-hybridized carbons (Fsp3) is 0.364. The van der Waals surface area contributed by atoms with Gasteiger partial charge in [0.2, 0.25) is 0 Å². The molecule has 5 heteroatoms. The van der Waals surface area contributed by atoms with Crippen LogP contribution in [0.15, 0.2) is 41.9 Å². The van der Waals surface area contributed by atoms with Gasteiger partial charge >= 0.3 is 0 Å². The number of allylic oxidation sites excluding steroid dienone is 3. The Morgan fingerprint density at radius 3 is 2.78 bits per heavy atom. The van der Waals surface area contributed by atoms with Crippen molar-refractivity contribution in [3.8, 4) is 18.1 Å². The van der Waals surface area contributed by atoms with Crippen LogP contribution in [0.3, 0.4) is 0 Å². The minimum Gasteiger partial charge on any atom is -0.493 e. The number of nitrogens with zero attached hydrogens (tertiary/aromatic N) is 2. The van der Waals surface area contributed by atoms with Crippen molar-refractivity contribution in [2.45, 2.75) is 32.7 Å². The van der Waals surface area contributed by atoms with E-state index in [0.717, 1.165) is 16.7 Å². The summed E-state index contributed by atoms with van der Waals surface area (Å²) in [5.41, 5.74) is 7.50. The molecular weight excluding hydrogens is 338 g/mol. The summed E-state index contributed by atoms with van der Waals surface area (Å²) in [5.74, 6) is 3.40. The highest BCUT2D eigenvalue weighted by molar-refractivity contribution is 6.07. The Morgan fingerprint density at radius 2 is 2.22 bits per heavy atom. The molecule has 3 rings (SSSR count). The topological polar surface area (TPSA) is 67.9 Å². The Kier molecular flexibility index (Phi) is 6.12. The maximum absolute atomic E-state index is 12.9. The van der Waals surface area contributed by atoms with Gasteiger partial charge in [0.15, 0.2) is 11.5 Å². The second kappa shape index (κ2) is 8.13. The number of rotatable bonds is 3. The largest absolute Gasteiger partial charge is 0.493 e. The molecule has 2 heterocycles. The van der Waals surface area contributed by atoms with E-state index in [1.54, 1.807) is 13.1 Å². The summed E-state index contributed by atoms with van der Waals surface area (Å²) in [6.07, 6.45) is 9.66. The van der Waals surface area contributed by atoms with Gasteiger partial charge in [-0.15, -0.1) is 6.42 Å². The van der Waals surface area contributed by atoms with Gasteiger partial charge in [0, 0.05) is 24.9 Å². The zero-order valence-electron chi connectivity index (χ0n) is 16.5. The van der Waals surface area contributed by atoms with E-state index in [0.29, 0.717) is 18.8 Å². The number of aliphatic imine (C=N–C) groups is 1. The lowest BCUT2D eigenvalue weighted by Gasteiger charge is -2.32. The van der Waals surface area contributed by atoms with Crippen molar-refractivity contribution in [1.29, 1.82) is 0 Å². The van der Waals surface area contributed by atoms with E-state index in [9.17, 15) is 4.79 Å². The number of terminal acetylenes is 1. The van der Waals surface area contributed by atoms with Crippen LogP contribution in [-0.2, 0) is 10.3 Å². The molecule has 0 aromatic heterocycles. The van der Waals surface area contributed by atoms with Crippen molar-refractivity contribution in [3.05, 3.63) is 48.1 Å². The molecule has 142 valence electrons. The van der Waals surface area contributed by atoms with E-state index in [1.807, 2.05) is 45.0 Å². The number of hydrogen-bond acceptors (Lipinski definition) is 4. The van der Waals surface area contributed by atoms with Crippen LogP contribution in [0.2, 0.25) is 0 Å². The molecule has 1 aromatic rings. The Bertz CT molecular complexity index is 848. The number of ether oxygens (including phenoxy) is 1. The highest BCUT2D eigenvalue weighted by Gasteiger charge is 2.51. The van der Waals surface area contributed by atoms with Crippen LogP contribution in [0.25, 0.3) is 5.57 Å². The summed E-state index contributed by atoms with van der Waals surface area (Å²) < 4.78 is 5.75. The maximum Gasteiger partial charge on any atom is 0.261 e. The lowest BCUT2D eigenvalue weighted by atomic mass is 9.82. The van der Waals surface area contributed by atoms with Gasteiger partial charge in [-0.05, 0) is 30.2 Å². The van der Waals surface area contributed by atoms with E-state index in [2.05, 4.69) is 17.5 Å². The lowest BCUT2D eigenvalue weighted by molar-refractivity contribution is -0.131. The average Bonchev–Trinajstić information content (AvgIpc) is 2.91. The van der Waals surface area contributed by atoms with Crippen LogP contribution in [0.4, 0.5) is 0 Å². The van der Waals surface area contributed by atoms with Gasteiger partial charge < -0.3 is 10.5 Å². The average molecular weight is 365 g/mol. The Balaban J connectivity index is 0.00000126. The summed E-state index contributed by atoms with van der Waals surface area (Å²) in [5, 5.41) is 0. The molecule has 0 fully saturated rings. The smallest absolute Gasteiger partial charge is 0.261 e. The summed E-state index contributed by atoms with van der Waals surface area (Å²) in [4.78, 5) is 18.8. The SMILES string of the molecule is C#CC(C)/C(=C\C=C)c1ccc2c(c1)[C@@]1(CCO2)N=C(N)N(C)C1=O.CC. The summed E-state index contributed by atoms with van der Waals surface area (Å²) in [7, 11) is 1.64. The van der Waals surface area contributed by atoms with Gasteiger partial charge in [0.05, 0.1) is 6.61 Å². The minimum absolute atomic E-state index is 0.0907. The molecule has 5 nitrogen and oxygen atoms in total. The highest BCUT2D eigenvalue weighted by atomic mass is 16.5. The van der Waals surface area contributed by atoms with E-state index in [4.69, 9.17) is 16.9 Å². The predicted molar refractivity (Wildman–Crippen MR) is 110 cm³/mol. The number of nitrogens with two attached hydrogens (primary N) is 1. The molecule has 2 atom stereocenters. The molecule has 0 saturated carbocycles. The van der Waals surface area contributed by atoms with Gasteiger partial charge in [-0.1, -0.05) is 44.6 Å². The van der Waals surface area contributed by atoms with Crippen LogP contribution in [0.5, 0.6) is 5.75 Å². The van der Waals surface area contributed by atoms with E-state index >= 15 is 0 Å². The summed E-state index contributed by atoms with van der Waals surface area (Å²) in [6.45, 7) is 10.1. The number of likely N-dealkylation sites (N-methyl/N-ethyl adjacent to an activating group) is 1. The second-order valence-corrected chi connectivity index (χ2v) is 6.25. The molecule has 1 amide bonds. The van der Waals surface area contributed by atoms with E-state index < -0.39 is 5.54 Å². The quantitative estimate of drug-likeness (QED) is 0.660. The summed E-state index contributed by atoms with van der Waals surface area (Å²) >= 11 is 0. The predicted octanol–water partition coefficient (Wildman–Crippen LogP) is 3.32. The van der Waals surface area contributed by atoms with Gasteiger partial charge in [0.1, 0.15) is 5.75 Å². The third-order valence-corrected chi connectivity index (χ3v) is 4.80. The van der Waals surface area contributed by atoms with Crippen molar-refractivity contribution < 1.29 is 9.53 Å². The number of fused-ring (bicyclic) bond motifs is 2. The lowest BCUT2D eigenvalue weighted by Crippen LogP contribution is -2.43. The first-order valence-electron chi connectivity index (χ1n) is 9.14. The number of hydrogen-bond donors (Lipinski definition) is 1. The van der Waals surface area contributed by atoms with E-state index in [1.165, 1.54) is 4.90 Å². The summed E-state index contributed by atoms with van der Waals surface area (Å²) in [6, 6.07) is 5.74. The minimum atomic E-state index is -1.01. The number of carbonyl (C=O) groups excluding carboxylic acids is 1. The van der Waals surface area contributed by atoms with Crippen LogP contribution in [0, 0.1) is 18.3 Å². The van der Waals surface area contributed by atoms with Crippen molar-refractivity contribution in [2.75, 3.05) is 13.7 Å². The Labute approximate surface area is 161 Å². The molecule has 2 N–H and O–H groups in total. The zero-order valence-corrected chi connectivity index (χ0v) is 16.5. The van der Waals surface area contributed by atoms with Crippen LogP contribution in [0.1, 0.15) is 38.3 Å². The fourth-order valence-corrected chi connectivity index (χ4v) is 3.35. The standard InChI is InChI=1S/C20H21N3O2.C2H6/c1-5-7-15(13(3)6-2)14-8-9-17-16(12-14)20(10-11-25-17)18(24)23(4)19(21)22-20;1-2/h2,5,7-9,12-13H,1,10-11H2,3-4H3,(H2,21,22);1-2H3/b15-7+;/t13?,20-;/m1./s1. The third-order valence-electron chi connectivity index (χ3n) is 4.80. The first kappa shape index (κ1) is 20.3. The highest BCUT2D eigenvalue weighted by Crippen LogP contribution is 2.45. The second-order valence-electron chi connectivity index (χ2n) is 6.25. The number of benzene rings is 1. The monoisotopic (exact) mass is 365 g/mol. The van der Waals surface area contributed by atoms with Crippen molar-refractivity contribution in [2.24, 2.45) is 16.6 Å². The van der Waals surface area contributed by atoms with Crippen LogP contribution >= 0.6 is 0 Å². The van der Waals surface area contributed by atoms with Crippen LogP contribution in [-0.4, -0.2) is 30.4 Å². The normalized spacial score (nSPS) is 22.0. The molecule has 0 radical (unpaired) electrons. The molecule has 0 saturated heterocycles. The number of amides is 1. The molecule has 2 aliphatic heterocycles. The Hall–Kier alpha value is -3.00. The van der Waals surface area contributed by atoms with Gasteiger partial charge in [-0.2, -0.15) is 0 Å². The molecule has 2 aliphatic rings. The third kappa shape index (κ3) is 3.35. The van der Waals surface area contributed by atoms with Crippen LogP contribution < -0.4 is 10.5 Å². The molecule has 0 aliphatic carbocycles. The molecule has 1 unspecified atom stereocenters. The molecule has 0 bridgehead atoms. The molecule has 27 heavy (non-hydrogen) atoms. The zero-order chi connectivity index (χ0) is 20.2. The van der Waals surface area contributed by atoms with Crippen molar-refractivity contribution >= 4 is 17.4 Å². The van der Waals surface area contributed by atoms with E-state index in [-0.39, 0.29) is 17.8 Å². The fourth-order valence-electron chi connectivity index (χ4n) is 3.35. The van der Waals surface area contributed by atoms with Gasteiger partial charge in [-0.3, -0.25) is 9.69 Å². The van der Waals surface area contributed by atoms with Crippen molar-refractivity contribution in [1.82, 2.24) is 4.90 Å². The first-order valence-corrected chi connectivity index (χ1v) is 9.14. The van der Waals surface area contributed by atoms with Gasteiger partial charge in [-0.25, -0.2) is 4.99 Å². The first-order chi connectivity index (χ1) is 12.9. The maximum atomic E-state index is 12.9. The number of guanidine groups is 1. The number of carbonyl (C=O) groups is 1. The van der Waals surface area contributed by atoms with Gasteiger partial charge in [0.25, 0.3) is 5.91 Å².